The van der Waals surface area contributed by atoms with Crippen LogP contribution in [0.4, 0.5) is 8.78 Å². The maximum absolute atomic E-state index is 14.1. The molecule has 1 heterocycles. The van der Waals surface area contributed by atoms with Crippen molar-refractivity contribution < 1.29 is 13.6 Å². The van der Waals surface area contributed by atoms with Gasteiger partial charge in [-0.15, -0.1) is 0 Å². The molecule has 0 radical (unpaired) electrons. The number of ketones is 1. The van der Waals surface area contributed by atoms with Gasteiger partial charge in [-0.1, -0.05) is 12.1 Å². The van der Waals surface area contributed by atoms with Crippen molar-refractivity contribution in [2.45, 2.75) is 0 Å². The number of carbonyl (C=O) groups excluding carboxylic acids is 1. The number of hydrogen-bond acceptors (Lipinski definition) is 2. The second-order valence-electron chi connectivity index (χ2n) is 4.89. The molecule has 0 aliphatic rings. The predicted octanol–water partition coefficient (Wildman–Crippen LogP) is 4.05. The van der Waals surface area contributed by atoms with E-state index in [0.29, 0.717) is 16.8 Å². The predicted molar refractivity (Wildman–Crippen MR) is 83.3 cm³/mol. The monoisotopic (exact) mass is 310 g/mol. The zero-order valence-corrected chi connectivity index (χ0v) is 12.0. The van der Waals surface area contributed by atoms with E-state index in [9.17, 15) is 13.6 Å². The summed E-state index contributed by atoms with van der Waals surface area (Å²) in [6.07, 6.45) is 7.57. The second kappa shape index (κ2) is 6.36. The van der Waals surface area contributed by atoms with Crippen LogP contribution in [0.3, 0.4) is 0 Å². The Labute approximate surface area is 131 Å². The van der Waals surface area contributed by atoms with Crippen LogP contribution < -0.4 is 0 Å². The minimum atomic E-state index is -0.417. The average molecular weight is 310 g/mol. The van der Waals surface area contributed by atoms with Crippen molar-refractivity contribution in [3.63, 3.8) is 0 Å². The number of allylic oxidation sites excluding steroid dienone is 1. The summed E-state index contributed by atoms with van der Waals surface area (Å²) in [7, 11) is 0. The summed E-state index contributed by atoms with van der Waals surface area (Å²) in [5.41, 5.74) is 1.31. The fourth-order valence-corrected chi connectivity index (χ4v) is 2.12. The molecule has 0 N–H and O–H groups in total. The highest BCUT2D eigenvalue weighted by atomic mass is 19.1. The Hall–Kier alpha value is -3.08. The van der Waals surface area contributed by atoms with Gasteiger partial charge in [0.2, 0.25) is 0 Å². The molecular weight excluding hydrogens is 298 g/mol. The highest BCUT2D eigenvalue weighted by Crippen LogP contribution is 2.16. The van der Waals surface area contributed by atoms with E-state index >= 15 is 0 Å². The number of nitrogens with zero attached hydrogens (tertiary/aromatic N) is 2. The number of halogens is 2. The third-order valence-corrected chi connectivity index (χ3v) is 3.31. The van der Waals surface area contributed by atoms with Crippen LogP contribution in [0.5, 0.6) is 0 Å². The SMILES string of the molecule is O=C(/C=C/c1ccc(-n2ccnc2)c(F)c1)c1ccc(F)cc1. The molecule has 2 aromatic carbocycles. The van der Waals surface area contributed by atoms with Crippen molar-refractivity contribution >= 4 is 11.9 Å². The van der Waals surface area contributed by atoms with Crippen molar-refractivity contribution in [3.8, 4) is 5.69 Å². The van der Waals surface area contributed by atoms with E-state index < -0.39 is 11.6 Å². The van der Waals surface area contributed by atoms with Crippen LogP contribution in [0, 0.1) is 11.6 Å². The fraction of sp³-hybridized carbons (Fsp3) is 0. The Morgan fingerprint density at radius 3 is 2.52 bits per heavy atom. The van der Waals surface area contributed by atoms with Gasteiger partial charge < -0.3 is 4.57 Å². The minimum absolute atomic E-state index is 0.274. The molecule has 114 valence electrons. The van der Waals surface area contributed by atoms with Crippen LogP contribution in [0.2, 0.25) is 0 Å². The Balaban J connectivity index is 1.79. The van der Waals surface area contributed by atoms with Crippen molar-refractivity contribution in [1.29, 1.82) is 0 Å². The minimum Gasteiger partial charge on any atom is -0.303 e. The lowest BCUT2D eigenvalue weighted by Crippen LogP contribution is -1.96. The molecule has 0 atom stereocenters. The van der Waals surface area contributed by atoms with E-state index in [1.54, 1.807) is 29.1 Å². The molecule has 23 heavy (non-hydrogen) atoms. The molecule has 1 aromatic heterocycles. The van der Waals surface area contributed by atoms with Gasteiger partial charge in [0, 0.05) is 18.0 Å². The van der Waals surface area contributed by atoms with Gasteiger partial charge in [-0.2, -0.15) is 0 Å². The molecule has 0 spiro atoms. The molecule has 3 aromatic rings. The largest absolute Gasteiger partial charge is 0.303 e. The number of rotatable bonds is 4. The Morgan fingerprint density at radius 2 is 1.87 bits per heavy atom. The van der Waals surface area contributed by atoms with E-state index in [1.807, 2.05) is 0 Å². The van der Waals surface area contributed by atoms with Gasteiger partial charge in [0.1, 0.15) is 11.6 Å². The standard InChI is InChI=1S/C18H12F2N2O/c19-15-5-3-14(4-6-15)18(23)8-2-13-1-7-17(16(20)11-13)22-10-9-21-12-22/h1-12H/b8-2+. The summed E-state index contributed by atoms with van der Waals surface area (Å²) in [6, 6.07) is 9.91. The van der Waals surface area contributed by atoms with Crippen LogP contribution in [0.1, 0.15) is 15.9 Å². The van der Waals surface area contributed by atoms with Crippen molar-refractivity contribution in [2.75, 3.05) is 0 Å². The lowest BCUT2D eigenvalue weighted by atomic mass is 10.1. The summed E-state index contributed by atoms with van der Waals surface area (Å²) >= 11 is 0. The zero-order chi connectivity index (χ0) is 16.2. The molecule has 0 bridgehead atoms. The van der Waals surface area contributed by atoms with Gasteiger partial charge >= 0.3 is 0 Å². The first-order valence-electron chi connectivity index (χ1n) is 6.89. The molecule has 0 unspecified atom stereocenters. The molecule has 0 aliphatic carbocycles. The number of aromatic nitrogens is 2. The molecule has 0 saturated carbocycles. The highest BCUT2D eigenvalue weighted by molar-refractivity contribution is 6.06. The summed E-state index contributed by atoms with van der Waals surface area (Å²) < 4.78 is 28.5. The summed E-state index contributed by atoms with van der Waals surface area (Å²) in [5, 5.41) is 0. The van der Waals surface area contributed by atoms with E-state index in [4.69, 9.17) is 0 Å². The Bertz CT molecular complexity index is 853. The van der Waals surface area contributed by atoms with Gasteiger partial charge in [-0.3, -0.25) is 4.79 Å². The summed E-state index contributed by atoms with van der Waals surface area (Å²) in [4.78, 5) is 15.8. The van der Waals surface area contributed by atoms with Crippen LogP contribution in [0.25, 0.3) is 11.8 Å². The number of benzene rings is 2. The maximum Gasteiger partial charge on any atom is 0.185 e. The molecule has 0 saturated heterocycles. The third-order valence-electron chi connectivity index (χ3n) is 3.31. The van der Waals surface area contributed by atoms with Crippen molar-refractivity contribution in [1.82, 2.24) is 9.55 Å². The fourth-order valence-electron chi connectivity index (χ4n) is 2.12. The van der Waals surface area contributed by atoms with Gasteiger partial charge in [-0.05, 0) is 48.0 Å². The van der Waals surface area contributed by atoms with Crippen molar-refractivity contribution in [2.24, 2.45) is 0 Å². The van der Waals surface area contributed by atoms with E-state index in [2.05, 4.69) is 4.98 Å². The topological polar surface area (TPSA) is 34.9 Å². The van der Waals surface area contributed by atoms with Crippen LogP contribution in [-0.4, -0.2) is 15.3 Å². The molecule has 3 nitrogen and oxygen atoms in total. The van der Waals surface area contributed by atoms with Gasteiger partial charge in [0.25, 0.3) is 0 Å². The van der Waals surface area contributed by atoms with Gasteiger partial charge in [-0.25, -0.2) is 13.8 Å². The first-order valence-corrected chi connectivity index (χ1v) is 6.89. The van der Waals surface area contributed by atoms with Gasteiger partial charge in [0.15, 0.2) is 5.78 Å². The van der Waals surface area contributed by atoms with Crippen molar-refractivity contribution in [3.05, 3.63) is 90.0 Å². The molecule has 3 rings (SSSR count). The second-order valence-corrected chi connectivity index (χ2v) is 4.89. The number of imidazole rings is 1. The maximum atomic E-state index is 14.1. The lowest BCUT2D eigenvalue weighted by molar-refractivity contribution is 0.104. The van der Waals surface area contributed by atoms with Crippen LogP contribution in [-0.2, 0) is 0 Å². The van der Waals surface area contributed by atoms with Crippen LogP contribution >= 0.6 is 0 Å². The molecular formula is C18H12F2N2O. The first-order chi connectivity index (χ1) is 11.1. The molecule has 0 fully saturated rings. The Kier molecular flexibility index (Phi) is 4.10. The quantitative estimate of drug-likeness (QED) is 0.538. The molecule has 0 aliphatic heterocycles. The summed E-state index contributed by atoms with van der Waals surface area (Å²) in [6.45, 7) is 0. The molecule has 5 heteroatoms. The van der Waals surface area contributed by atoms with E-state index in [-0.39, 0.29) is 5.78 Å². The van der Waals surface area contributed by atoms with E-state index in [0.717, 1.165) is 0 Å². The van der Waals surface area contributed by atoms with E-state index in [1.165, 1.54) is 48.8 Å². The average Bonchev–Trinajstić information content (AvgIpc) is 3.07. The van der Waals surface area contributed by atoms with Gasteiger partial charge in [0.05, 0.1) is 12.0 Å². The lowest BCUT2D eigenvalue weighted by Gasteiger charge is -2.04. The van der Waals surface area contributed by atoms with Crippen LogP contribution in [0.15, 0.2) is 67.3 Å². The normalized spacial score (nSPS) is 11.0. The highest BCUT2D eigenvalue weighted by Gasteiger charge is 2.05. The third kappa shape index (κ3) is 3.40. The Morgan fingerprint density at radius 1 is 1.09 bits per heavy atom. The number of carbonyl (C=O) groups is 1. The molecule has 0 amide bonds. The smallest absolute Gasteiger partial charge is 0.185 e. The first kappa shape index (κ1) is 14.8. The zero-order valence-electron chi connectivity index (χ0n) is 12.0. The summed E-state index contributed by atoms with van der Waals surface area (Å²) in [5.74, 6) is -1.09. The number of hydrogen-bond donors (Lipinski definition) is 0.